The van der Waals surface area contributed by atoms with Gasteiger partial charge in [-0.05, 0) is 11.8 Å². The van der Waals surface area contributed by atoms with Gasteiger partial charge in [0.05, 0.1) is 6.61 Å². The lowest BCUT2D eigenvalue weighted by Gasteiger charge is -2.35. The molecule has 3 nitrogen and oxygen atoms in total. The first-order valence-corrected chi connectivity index (χ1v) is 6.63. The maximum Gasteiger partial charge on any atom is 0.0593 e. The van der Waals surface area contributed by atoms with Gasteiger partial charge in [-0.1, -0.05) is 27.7 Å². The Hall–Kier alpha value is -0.120. The highest BCUT2D eigenvalue weighted by Gasteiger charge is 2.21. The second kappa shape index (κ2) is 7.25. The van der Waals surface area contributed by atoms with Gasteiger partial charge < -0.3 is 10.1 Å². The van der Waals surface area contributed by atoms with Crippen LogP contribution < -0.4 is 5.32 Å². The van der Waals surface area contributed by atoms with Crippen molar-refractivity contribution in [2.75, 3.05) is 39.4 Å². The van der Waals surface area contributed by atoms with E-state index >= 15 is 0 Å². The maximum atomic E-state index is 5.63. The Morgan fingerprint density at radius 3 is 2.69 bits per heavy atom. The van der Waals surface area contributed by atoms with E-state index in [0.29, 0.717) is 12.0 Å². The van der Waals surface area contributed by atoms with E-state index in [1.807, 2.05) is 0 Å². The molecule has 1 heterocycles. The van der Waals surface area contributed by atoms with E-state index in [9.17, 15) is 0 Å². The summed E-state index contributed by atoms with van der Waals surface area (Å²) < 4.78 is 5.63. The van der Waals surface area contributed by atoms with E-state index in [2.05, 4.69) is 37.9 Å². The summed E-state index contributed by atoms with van der Waals surface area (Å²) in [7, 11) is 0. The van der Waals surface area contributed by atoms with Crippen molar-refractivity contribution in [1.29, 1.82) is 0 Å². The predicted molar refractivity (Wildman–Crippen MR) is 68.7 cm³/mol. The summed E-state index contributed by atoms with van der Waals surface area (Å²) in [5.41, 5.74) is 0. The zero-order valence-electron chi connectivity index (χ0n) is 11.3. The van der Waals surface area contributed by atoms with Crippen molar-refractivity contribution in [3.63, 3.8) is 0 Å². The predicted octanol–water partition coefficient (Wildman–Crippen LogP) is 1.59. The van der Waals surface area contributed by atoms with Crippen molar-refractivity contribution in [2.45, 2.75) is 33.7 Å². The minimum Gasteiger partial charge on any atom is -0.380 e. The van der Waals surface area contributed by atoms with Crippen LogP contribution in [-0.4, -0.2) is 50.3 Å². The molecule has 1 rings (SSSR count). The second-order valence-electron chi connectivity index (χ2n) is 5.57. The molecule has 3 heteroatoms. The minimum absolute atomic E-state index is 0.645. The molecule has 1 saturated heterocycles. The molecule has 1 aliphatic rings. The molecule has 0 radical (unpaired) electrons. The largest absolute Gasteiger partial charge is 0.380 e. The highest BCUT2D eigenvalue weighted by atomic mass is 16.5. The molecule has 96 valence electrons. The molecular weight excluding hydrogens is 200 g/mol. The summed E-state index contributed by atoms with van der Waals surface area (Å²) in [6, 6.07) is 0.652. The van der Waals surface area contributed by atoms with Crippen LogP contribution in [-0.2, 0) is 4.74 Å². The first-order valence-electron chi connectivity index (χ1n) is 6.63. The fourth-order valence-electron chi connectivity index (χ4n) is 2.00. The Kier molecular flexibility index (Phi) is 6.32. The summed E-state index contributed by atoms with van der Waals surface area (Å²) >= 11 is 0. The van der Waals surface area contributed by atoms with E-state index in [0.717, 1.165) is 38.8 Å². The Morgan fingerprint density at radius 2 is 2.06 bits per heavy atom. The van der Waals surface area contributed by atoms with Gasteiger partial charge in [0, 0.05) is 38.8 Å². The molecule has 0 bridgehead atoms. The van der Waals surface area contributed by atoms with Gasteiger partial charge in [0.2, 0.25) is 0 Å². The molecule has 0 aliphatic carbocycles. The van der Waals surface area contributed by atoms with E-state index < -0.39 is 0 Å². The quantitative estimate of drug-likeness (QED) is 0.699. The molecule has 16 heavy (non-hydrogen) atoms. The summed E-state index contributed by atoms with van der Waals surface area (Å²) in [5, 5.41) is 3.57. The summed E-state index contributed by atoms with van der Waals surface area (Å²) in [4.78, 5) is 2.52. The second-order valence-corrected chi connectivity index (χ2v) is 5.57. The molecule has 1 atom stereocenters. The van der Waals surface area contributed by atoms with Crippen LogP contribution in [0.2, 0.25) is 0 Å². The summed E-state index contributed by atoms with van der Waals surface area (Å²) in [5.74, 6) is 1.37. The zero-order valence-corrected chi connectivity index (χ0v) is 11.3. The number of nitrogens with one attached hydrogen (secondary N) is 1. The van der Waals surface area contributed by atoms with Gasteiger partial charge in [-0.2, -0.15) is 0 Å². The van der Waals surface area contributed by atoms with Gasteiger partial charge in [0.1, 0.15) is 0 Å². The molecule has 0 aromatic carbocycles. The Morgan fingerprint density at radius 1 is 1.31 bits per heavy atom. The number of hydrogen-bond acceptors (Lipinski definition) is 3. The van der Waals surface area contributed by atoms with Crippen molar-refractivity contribution in [3.05, 3.63) is 0 Å². The zero-order chi connectivity index (χ0) is 12.0. The summed E-state index contributed by atoms with van der Waals surface area (Å²) in [6.45, 7) is 15.3. The Labute approximate surface area is 101 Å². The molecular formula is C13H28N2O. The van der Waals surface area contributed by atoms with Gasteiger partial charge in [0.15, 0.2) is 0 Å². The van der Waals surface area contributed by atoms with E-state index in [4.69, 9.17) is 4.74 Å². The third-order valence-electron chi connectivity index (χ3n) is 3.10. The molecule has 0 aromatic rings. The molecule has 1 aliphatic heterocycles. The monoisotopic (exact) mass is 228 g/mol. The van der Waals surface area contributed by atoms with E-state index in [1.54, 1.807) is 0 Å². The topological polar surface area (TPSA) is 24.5 Å². The highest BCUT2D eigenvalue weighted by molar-refractivity contribution is 4.80. The molecule has 1 fully saturated rings. The smallest absolute Gasteiger partial charge is 0.0593 e. The van der Waals surface area contributed by atoms with Crippen molar-refractivity contribution in [1.82, 2.24) is 10.2 Å². The van der Waals surface area contributed by atoms with Crippen LogP contribution in [0.25, 0.3) is 0 Å². The standard InChI is InChI=1S/C13H28N2O/c1-11(2)10-16-8-7-15-6-5-14-13(9-15)12(3)4/h11-14H,5-10H2,1-4H3. The van der Waals surface area contributed by atoms with Crippen molar-refractivity contribution in [3.8, 4) is 0 Å². The van der Waals surface area contributed by atoms with Crippen molar-refractivity contribution < 1.29 is 4.74 Å². The van der Waals surface area contributed by atoms with Crippen LogP contribution in [0.5, 0.6) is 0 Å². The molecule has 0 aromatic heterocycles. The average molecular weight is 228 g/mol. The normalized spacial score (nSPS) is 23.2. The number of piperazine rings is 1. The van der Waals surface area contributed by atoms with E-state index in [1.165, 1.54) is 6.54 Å². The Balaban J connectivity index is 2.12. The maximum absolute atomic E-state index is 5.63. The van der Waals surface area contributed by atoms with Crippen LogP contribution in [0.4, 0.5) is 0 Å². The van der Waals surface area contributed by atoms with Crippen molar-refractivity contribution in [2.24, 2.45) is 11.8 Å². The van der Waals surface area contributed by atoms with Gasteiger partial charge >= 0.3 is 0 Å². The summed E-state index contributed by atoms with van der Waals surface area (Å²) in [6.07, 6.45) is 0. The first-order chi connectivity index (χ1) is 7.59. The minimum atomic E-state index is 0.645. The lowest BCUT2D eigenvalue weighted by Crippen LogP contribution is -2.53. The molecule has 0 amide bonds. The number of ether oxygens (including phenoxy) is 1. The van der Waals surface area contributed by atoms with Crippen LogP contribution in [0, 0.1) is 11.8 Å². The van der Waals surface area contributed by atoms with Crippen LogP contribution in [0.15, 0.2) is 0 Å². The van der Waals surface area contributed by atoms with Gasteiger partial charge in [0.25, 0.3) is 0 Å². The lowest BCUT2D eigenvalue weighted by atomic mass is 10.0. The highest BCUT2D eigenvalue weighted by Crippen LogP contribution is 2.07. The van der Waals surface area contributed by atoms with Crippen LogP contribution >= 0.6 is 0 Å². The third kappa shape index (κ3) is 5.28. The molecule has 1 unspecified atom stereocenters. The van der Waals surface area contributed by atoms with Crippen LogP contribution in [0.3, 0.4) is 0 Å². The van der Waals surface area contributed by atoms with Gasteiger partial charge in [-0.15, -0.1) is 0 Å². The molecule has 1 N–H and O–H groups in total. The van der Waals surface area contributed by atoms with Gasteiger partial charge in [-0.25, -0.2) is 0 Å². The molecule has 0 spiro atoms. The number of rotatable bonds is 6. The lowest BCUT2D eigenvalue weighted by molar-refractivity contribution is 0.0728. The molecule has 0 saturated carbocycles. The van der Waals surface area contributed by atoms with Crippen molar-refractivity contribution >= 4 is 0 Å². The third-order valence-corrected chi connectivity index (χ3v) is 3.10. The van der Waals surface area contributed by atoms with E-state index in [-0.39, 0.29) is 0 Å². The fourth-order valence-corrected chi connectivity index (χ4v) is 2.00. The van der Waals surface area contributed by atoms with Gasteiger partial charge in [-0.3, -0.25) is 4.90 Å². The average Bonchev–Trinajstić information content (AvgIpc) is 2.24. The first kappa shape index (κ1) is 13.9. The number of hydrogen-bond donors (Lipinski definition) is 1. The number of nitrogens with zero attached hydrogens (tertiary/aromatic N) is 1. The SMILES string of the molecule is CC(C)COCCN1CCNC(C(C)C)C1. The Bertz CT molecular complexity index is 183. The fraction of sp³-hybridized carbons (Fsp3) is 1.00. The van der Waals surface area contributed by atoms with Crippen LogP contribution in [0.1, 0.15) is 27.7 Å².